The van der Waals surface area contributed by atoms with Crippen LogP contribution in [0.5, 0.6) is 0 Å². The van der Waals surface area contributed by atoms with Crippen molar-refractivity contribution in [3.05, 3.63) is 29.3 Å². The highest BCUT2D eigenvalue weighted by Gasteiger charge is 2.33. The molecule has 5 heteroatoms. The molecule has 0 amide bonds. The molecule has 0 bridgehead atoms. The minimum absolute atomic E-state index is 0.281. The second kappa shape index (κ2) is 6.69. The summed E-state index contributed by atoms with van der Waals surface area (Å²) in [7, 11) is 0. The van der Waals surface area contributed by atoms with Crippen molar-refractivity contribution in [2.24, 2.45) is 0 Å². The molecule has 0 radical (unpaired) electrons. The van der Waals surface area contributed by atoms with Crippen molar-refractivity contribution in [2.75, 3.05) is 24.5 Å². The van der Waals surface area contributed by atoms with Gasteiger partial charge in [0.15, 0.2) is 0 Å². The number of nitrogens with zero attached hydrogens (tertiary/aromatic N) is 1. The molecule has 1 N–H and O–H groups in total. The molecule has 1 unspecified atom stereocenters. The molecule has 1 aliphatic heterocycles. The lowest BCUT2D eigenvalue weighted by molar-refractivity contribution is -0.138. The minimum Gasteiger partial charge on any atom is -0.370 e. The number of piperidine rings is 1. The monoisotopic (exact) mass is 300 g/mol. The molecule has 0 saturated carbocycles. The maximum absolute atomic E-state index is 13.0. The van der Waals surface area contributed by atoms with E-state index in [1.54, 1.807) is 12.1 Å². The Morgan fingerprint density at radius 2 is 2.10 bits per heavy atom. The third-order valence-corrected chi connectivity index (χ3v) is 4.00. The minimum atomic E-state index is -4.28. The summed E-state index contributed by atoms with van der Waals surface area (Å²) < 4.78 is 39.0. The van der Waals surface area contributed by atoms with Gasteiger partial charge in [0.2, 0.25) is 0 Å². The Morgan fingerprint density at radius 3 is 2.76 bits per heavy atom. The maximum Gasteiger partial charge on any atom is 0.416 e. The molecule has 1 heterocycles. The summed E-state index contributed by atoms with van der Waals surface area (Å²) in [6, 6.07) is 5.03. The highest BCUT2D eigenvalue weighted by Crippen LogP contribution is 2.34. The van der Waals surface area contributed by atoms with E-state index in [4.69, 9.17) is 0 Å². The predicted molar refractivity (Wildman–Crippen MR) is 79.7 cm³/mol. The van der Waals surface area contributed by atoms with Crippen molar-refractivity contribution in [1.29, 1.82) is 0 Å². The molecule has 1 aliphatic rings. The molecular weight excluding hydrogens is 277 g/mol. The first-order valence-corrected chi connectivity index (χ1v) is 7.58. The predicted octanol–water partition coefficient (Wildman–Crippen LogP) is 3.98. The van der Waals surface area contributed by atoms with Gasteiger partial charge in [0.1, 0.15) is 0 Å². The molecule has 1 atom stereocenters. The maximum atomic E-state index is 13.0. The number of benzene rings is 1. The van der Waals surface area contributed by atoms with Gasteiger partial charge in [0.25, 0.3) is 0 Å². The van der Waals surface area contributed by atoms with Crippen LogP contribution in [0.3, 0.4) is 0 Å². The number of nitrogens with one attached hydrogen (secondary N) is 1. The molecular formula is C16H23F3N2. The van der Waals surface area contributed by atoms with Crippen LogP contribution in [0, 0.1) is 6.92 Å². The lowest BCUT2D eigenvalue weighted by Gasteiger charge is -2.35. The average Bonchev–Trinajstić information content (AvgIpc) is 2.44. The van der Waals surface area contributed by atoms with E-state index in [0.29, 0.717) is 11.7 Å². The zero-order chi connectivity index (χ0) is 15.5. The molecule has 1 fully saturated rings. The van der Waals surface area contributed by atoms with Gasteiger partial charge < -0.3 is 10.2 Å². The van der Waals surface area contributed by atoms with E-state index in [9.17, 15) is 13.2 Å². The van der Waals surface area contributed by atoms with Gasteiger partial charge in [-0.15, -0.1) is 0 Å². The third kappa shape index (κ3) is 4.13. The summed E-state index contributed by atoms with van der Waals surface area (Å²) in [5, 5.41) is 3.46. The molecule has 2 nitrogen and oxygen atoms in total. The van der Waals surface area contributed by atoms with E-state index in [-0.39, 0.29) is 5.56 Å². The van der Waals surface area contributed by atoms with E-state index in [0.717, 1.165) is 38.9 Å². The summed E-state index contributed by atoms with van der Waals surface area (Å²) in [4.78, 5) is 2.06. The topological polar surface area (TPSA) is 15.3 Å². The van der Waals surface area contributed by atoms with Crippen molar-refractivity contribution >= 4 is 5.69 Å². The summed E-state index contributed by atoms with van der Waals surface area (Å²) >= 11 is 0. The van der Waals surface area contributed by atoms with E-state index in [2.05, 4.69) is 17.1 Å². The Hall–Kier alpha value is -1.23. The summed E-state index contributed by atoms with van der Waals surface area (Å²) in [5.41, 5.74) is 0.434. The van der Waals surface area contributed by atoms with Crippen LogP contribution in [0.25, 0.3) is 0 Å². The Labute approximate surface area is 124 Å². The fraction of sp³-hybridized carbons (Fsp3) is 0.625. The normalized spacial score (nSPS) is 19.9. The second-order valence-electron chi connectivity index (χ2n) is 5.74. The Balaban J connectivity index is 2.14. The zero-order valence-electron chi connectivity index (χ0n) is 12.6. The lowest BCUT2D eigenvalue weighted by Crippen LogP contribution is -2.46. The molecule has 0 aromatic heterocycles. The van der Waals surface area contributed by atoms with Crippen LogP contribution in [0.4, 0.5) is 18.9 Å². The van der Waals surface area contributed by atoms with Gasteiger partial charge in [-0.05, 0) is 50.4 Å². The number of aryl methyl sites for hydroxylation is 1. The van der Waals surface area contributed by atoms with Crippen molar-refractivity contribution in [1.82, 2.24) is 5.32 Å². The van der Waals surface area contributed by atoms with Crippen LogP contribution in [0.15, 0.2) is 18.2 Å². The van der Waals surface area contributed by atoms with E-state index < -0.39 is 11.7 Å². The number of rotatable bonds is 4. The van der Waals surface area contributed by atoms with Crippen LogP contribution in [0.1, 0.15) is 37.3 Å². The van der Waals surface area contributed by atoms with E-state index in [1.807, 2.05) is 0 Å². The first kappa shape index (κ1) is 16.1. The first-order chi connectivity index (χ1) is 9.91. The molecule has 1 aromatic rings. The third-order valence-electron chi connectivity index (χ3n) is 4.00. The van der Waals surface area contributed by atoms with Gasteiger partial charge in [-0.3, -0.25) is 0 Å². The van der Waals surface area contributed by atoms with Crippen molar-refractivity contribution in [2.45, 2.75) is 45.3 Å². The highest BCUT2D eigenvalue weighted by atomic mass is 19.4. The first-order valence-electron chi connectivity index (χ1n) is 7.58. The quantitative estimate of drug-likeness (QED) is 0.904. The van der Waals surface area contributed by atoms with Crippen LogP contribution in [0.2, 0.25) is 0 Å². The number of hydrogen-bond acceptors (Lipinski definition) is 2. The standard InChI is InChI=1S/C16H23F3N2/c1-3-8-20-13-5-4-9-21(11-13)14-7-6-12(2)15(10-14)16(17,18)19/h6-7,10,13,20H,3-5,8-9,11H2,1-2H3. The molecule has 2 rings (SSSR count). The number of anilines is 1. The van der Waals surface area contributed by atoms with Gasteiger partial charge in [-0.25, -0.2) is 0 Å². The van der Waals surface area contributed by atoms with E-state index in [1.165, 1.54) is 13.0 Å². The molecule has 118 valence electrons. The van der Waals surface area contributed by atoms with Crippen molar-refractivity contribution in [3.8, 4) is 0 Å². The number of halogens is 3. The summed E-state index contributed by atoms with van der Waals surface area (Å²) in [6.45, 7) is 6.18. The van der Waals surface area contributed by atoms with Gasteiger partial charge in [-0.1, -0.05) is 13.0 Å². The Bertz CT molecular complexity index is 471. The molecule has 1 saturated heterocycles. The van der Waals surface area contributed by atoms with Crippen LogP contribution in [-0.4, -0.2) is 25.7 Å². The molecule has 0 aliphatic carbocycles. The second-order valence-corrected chi connectivity index (χ2v) is 5.74. The molecule has 21 heavy (non-hydrogen) atoms. The SMILES string of the molecule is CCCNC1CCCN(c2ccc(C)c(C(F)(F)F)c2)C1. The number of alkyl halides is 3. The van der Waals surface area contributed by atoms with Crippen molar-refractivity contribution < 1.29 is 13.2 Å². The van der Waals surface area contributed by atoms with Gasteiger partial charge in [0, 0.05) is 24.8 Å². The van der Waals surface area contributed by atoms with Crippen LogP contribution >= 0.6 is 0 Å². The molecule has 0 spiro atoms. The fourth-order valence-corrected chi connectivity index (χ4v) is 2.84. The number of hydrogen-bond donors (Lipinski definition) is 1. The van der Waals surface area contributed by atoms with Crippen LogP contribution in [-0.2, 0) is 6.18 Å². The van der Waals surface area contributed by atoms with Crippen LogP contribution < -0.4 is 10.2 Å². The van der Waals surface area contributed by atoms with Gasteiger partial charge in [0.05, 0.1) is 5.56 Å². The van der Waals surface area contributed by atoms with E-state index >= 15 is 0 Å². The largest absolute Gasteiger partial charge is 0.416 e. The van der Waals surface area contributed by atoms with Crippen molar-refractivity contribution in [3.63, 3.8) is 0 Å². The summed E-state index contributed by atoms with van der Waals surface area (Å²) in [5.74, 6) is 0. The smallest absolute Gasteiger partial charge is 0.370 e. The lowest BCUT2D eigenvalue weighted by atomic mass is 10.0. The highest BCUT2D eigenvalue weighted by molar-refractivity contribution is 5.52. The fourth-order valence-electron chi connectivity index (χ4n) is 2.84. The van der Waals surface area contributed by atoms with Gasteiger partial charge in [-0.2, -0.15) is 13.2 Å². The molecule has 1 aromatic carbocycles. The summed E-state index contributed by atoms with van der Waals surface area (Å²) in [6.07, 6.45) is -1.11. The Kier molecular flexibility index (Phi) is 5.14. The Morgan fingerprint density at radius 1 is 1.33 bits per heavy atom. The van der Waals surface area contributed by atoms with Gasteiger partial charge >= 0.3 is 6.18 Å². The average molecular weight is 300 g/mol. The zero-order valence-corrected chi connectivity index (χ0v) is 12.6.